The maximum Gasteiger partial charge on any atom is 0.308 e. The fourth-order valence-electron chi connectivity index (χ4n) is 2.14. The second-order valence-electron chi connectivity index (χ2n) is 4.89. The molecule has 4 nitrogen and oxygen atoms in total. The van der Waals surface area contributed by atoms with Crippen LogP contribution in [0.2, 0.25) is 0 Å². The molecule has 0 heterocycles. The molecule has 1 unspecified atom stereocenters. The summed E-state index contributed by atoms with van der Waals surface area (Å²) in [5, 5.41) is 9.47. The zero-order valence-electron chi connectivity index (χ0n) is 12.3. The molecule has 0 aliphatic carbocycles. The van der Waals surface area contributed by atoms with Crippen LogP contribution in [-0.2, 0) is 4.79 Å². The summed E-state index contributed by atoms with van der Waals surface area (Å²) in [4.78, 5) is 23.6. The zero-order chi connectivity index (χ0) is 15.1. The van der Waals surface area contributed by atoms with E-state index in [-0.39, 0.29) is 23.2 Å². The molecule has 0 fully saturated rings. The van der Waals surface area contributed by atoms with E-state index in [9.17, 15) is 14.7 Å². The molecule has 1 aromatic rings. The van der Waals surface area contributed by atoms with E-state index in [0.29, 0.717) is 5.56 Å². The van der Waals surface area contributed by atoms with Crippen molar-refractivity contribution in [2.45, 2.75) is 46.5 Å². The Hall–Kier alpha value is -1.84. The highest BCUT2D eigenvalue weighted by molar-refractivity contribution is 6.01. The van der Waals surface area contributed by atoms with Crippen LogP contribution in [0, 0.1) is 5.92 Å². The normalized spacial score (nSPS) is 11.9. The van der Waals surface area contributed by atoms with E-state index < -0.39 is 5.97 Å². The summed E-state index contributed by atoms with van der Waals surface area (Å²) in [7, 11) is 0. The van der Waals surface area contributed by atoms with Crippen LogP contribution in [0.4, 0.5) is 0 Å². The molecular weight excluding hydrogens is 256 g/mol. The lowest BCUT2D eigenvalue weighted by Crippen LogP contribution is -2.16. The van der Waals surface area contributed by atoms with E-state index in [0.717, 1.165) is 25.7 Å². The molecule has 4 heteroatoms. The first-order chi connectivity index (χ1) is 9.49. The number of rotatable bonds is 7. The van der Waals surface area contributed by atoms with E-state index in [1.165, 1.54) is 25.1 Å². The lowest BCUT2D eigenvalue weighted by Gasteiger charge is -2.15. The van der Waals surface area contributed by atoms with E-state index >= 15 is 0 Å². The molecule has 0 aliphatic heterocycles. The molecule has 0 saturated carbocycles. The summed E-state index contributed by atoms with van der Waals surface area (Å²) in [6.45, 7) is 5.33. The lowest BCUT2D eigenvalue weighted by molar-refractivity contribution is -0.131. The molecule has 0 aliphatic rings. The van der Waals surface area contributed by atoms with Gasteiger partial charge in [0.1, 0.15) is 11.5 Å². The van der Waals surface area contributed by atoms with Crippen molar-refractivity contribution in [2.24, 2.45) is 5.92 Å². The smallest absolute Gasteiger partial charge is 0.308 e. The molecule has 110 valence electrons. The number of phenols is 1. The van der Waals surface area contributed by atoms with Gasteiger partial charge in [0.2, 0.25) is 0 Å². The topological polar surface area (TPSA) is 63.6 Å². The second kappa shape index (κ2) is 7.68. The molecule has 1 N–H and O–H groups in total. The van der Waals surface area contributed by atoms with Crippen molar-refractivity contribution in [1.82, 2.24) is 0 Å². The minimum Gasteiger partial charge on any atom is -0.508 e. The van der Waals surface area contributed by atoms with Gasteiger partial charge in [-0.1, -0.05) is 26.7 Å². The molecule has 1 atom stereocenters. The number of aromatic hydroxyl groups is 1. The van der Waals surface area contributed by atoms with Crippen LogP contribution in [0.5, 0.6) is 11.5 Å². The molecule has 1 rings (SSSR count). The summed E-state index contributed by atoms with van der Waals surface area (Å²) < 4.78 is 5.03. The summed E-state index contributed by atoms with van der Waals surface area (Å²) in [5.74, 6) is -0.505. The van der Waals surface area contributed by atoms with Gasteiger partial charge in [0.25, 0.3) is 0 Å². The number of esters is 1. The lowest BCUT2D eigenvalue weighted by atomic mass is 9.90. The second-order valence-corrected chi connectivity index (χ2v) is 4.89. The summed E-state index contributed by atoms with van der Waals surface area (Å²) >= 11 is 0. The number of Topliss-reactive ketones (excluding diaryl/α,β-unsaturated/α-hetero) is 1. The van der Waals surface area contributed by atoms with Crippen molar-refractivity contribution in [3.05, 3.63) is 23.8 Å². The third kappa shape index (κ3) is 4.37. The van der Waals surface area contributed by atoms with E-state index in [1.807, 2.05) is 6.92 Å². The summed E-state index contributed by atoms with van der Waals surface area (Å²) in [6.07, 6.45) is 3.60. The van der Waals surface area contributed by atoms with E-state index in [2.05, 4.69) is 6.92 Å². The predicted molar refractivity (Wildman–Crippen MR) is 77.1 cm³/mol. The maximum absolute atomic E-state index is 12.5. The number of ether oxygens (including phenoxy) is 1. The number of unbranched alkanes of at least 4 members (excludes halogenated alkanes) is 1. The average Bonchev–Trinajstić information content (AvgIpc) is 2.38. The first kappa shape index (κ1) is 16.2. The summed E-state index contributed by atoms with van der Waals surface area (Å²) in [5.41, 5.74) is 0.362. The quantitative estimate of drug-likeness (QED) is 0.469. The van der Waals surface area contributed by atoms with Gasteiger partial charge in [-0.05, 0) is 25.0 Å². The number of carbonyl (C=O) groups is 2. The molecule has 0 bridgehead atoms. The first-order valence-electron chi connectivity index (χ1n) is 7.05. The number of phenolic OH excluding ortho intramolecular Hbond substituents is 1. The molecule has 0 radical (unpaired) electrons. The third-order valence-corrected chi connectivity index (χ3v) is 3.25. The molecular formula is C16H22O4. The van der Waals surface area contributed by atoms with Crippen molar-refractivity contribution in [1.29, 1.82) is 0 Å². The number of hydrogen-bond acceptors (Lipinski definition) is 4. The van der Waals surface area contributed by atoms with Crippen molar-refractivity contribution < 1.29 is 19.4 Å². The van der Waals surface area contributed by atoms with Crippen molar-refractivity contribution in [2.75, 3.05) is 0 Å². The van der Waals surface area contributed by atoms with Gasteiger partial charge >= 0.3 is 5.97 Å². The number of benzene rings is 1. The molecule has 0 saturated heterocycles. The van der Waals surface area contributed by atoms with E-state index in [1.54, 1.807) is 0 Å². The standard InChI is InChI=1S/C16H22O4/c1-4-6-7-12(5-2)16(19)14-9-8-13(18)10-15(14)20-11(3)17/h8-10,12,18H,4-7H2,1-3H3. The van der Waals surface area contributed by atoms with Gasteiger partial charge < -0.3 is 9.84 Å². The fraction of sp³-hybridized carbons (Fsp3) is 0.500. The molecule has 0 spiro atoms. The minimum atomic E-state index is -0.508. The number of ketones is 1. The van der Waals surface area contributed by atoms with Crippen molar-refractivity contribution >= 4 is 11.8 Å². The highest BCUT2D eigenvalue weighted by Gasteiger charge is 2.22. The van der Waals surface area contributed by atoms with Gasteiger partial charge in [0.05, 0.1) is 5.56 Å². The first-order valence-corrected chi connectivity index (χ1v) is 7.05. The Morgan fingerprint density at radius 1 is 1.30 bits per heavy atom. The molecule has 0 amide bonds. The zero-order valence-corrected chi connectivity index (χ0v) is 12.3. The summed E-state index contributed by atoms with van der Waals surface area (Å²) in [6, 6.07) is 4.26. The van der Waals surface area contributed by atoms with Crippen molar-refractivity contribution in [3.8, 4) is 11.5 Å². The predicted octanol–water partition coefficient (Wildman–Crippen LogP) is 3.72. The Kier molecular flexibility index (Phi) is 6.22. The van der Waals surface area contributed by atoms with Crippen LogP contribution in [0.15, 0.2) is 18.2 Å². The number of hydrogen-bond donors (Lipinski definition) is 1. The largest absolute Gasteiger partial charge is 0.508 e. The highest BCUT2D eigenvalue weighted by Crippen LogP contribution is 2.29. The Labute approximate surface area is 119 Å². The molecule has 20 heavy (non-hydrogen) atoms. The van der Waals surface area contributed by atoms with Gasteiger partial charge in [-0.15, -0.1) is 0 Å². The van der Waals surface area contributed by atoms with Gasteiger partial charge in [-0.3, -0.25) is 9.59 Å². The van der Waals surface area contributed by atoms with Crippen LogP contribution in [-0.4, -0.2) is 16.9 Å². The average molecular weight is 278 g/mol. The van der Waals surface area contributed by atoms with Crippen LogP contribution in [0.25, 0.3) is 0 Å². The minimum absolute atomic E-state index is 0.0283. The van der Waals surface area contributed by atoms with Crippen LogP contribution in [0.3, 0.4) is 0 Å². The van der Waals surface area contributed by atoms with Gasteiger partial charge in [-0.2, -0.15) is 0 Å². The maximum atomic E-state index is 12.5. The van der Waals surface area contributed by atoms with Gasteiger partial charge in [0.15, 0.2) is 5.78 Å². The van der Waals surface area contributed by atoms with Crippen molar-refractivity contribution in [3.63, 3.8) is 0 Å². The monoisotopic (exact) mass is 278 g/mol. The highest BCUT2D eigenvalue weighted by atomic mass is 16.5. The Bertz CT molecular complexity index is 479. The Balaban J connectivity index is 3.03. The van der Waals surface area contributed by atoms with E-state index in [4.69, 9.17) is 4.74 Å². The molecule has 1 aromatic carbocycles. The third-order valence-electron chi connectivity index (χ3n) is 3.25. The van der Waals surface area contributed by atoms with Crippen LogP contribution in [0.1, 0.15) is 56.8 Å². The molecule has 0 aromatic heterocycles. The SMILES string of the molecule is CCCCC(CC)C(=O)c1ccc(O)cc1OC(C)=O. The van der Waals surface area contributed by atoms with Gasteiger partial charge in [-0.25, -0.2) is 0 Å². The number of carbonyl (C=O) groups excluding carboxylic acids is 2. The van der Waals surface area contributed by atoms with Crippen LogP contribution < -0.4 is 4.74 Å². The van der Waals surface area contributed by atoms with Crippen LogP contribution >= 0.6 is 0 Å². The van der Waals surface area contributed by atoms with Gasteiger partial charge in [0, 0.05) is 18.9 Å². The fourth-order valence-corrected chi connectivity index (χ4v) is 2.14. The Morgan fingerprint density at radius 2 is 2.00 bits per heavy atom. The Morgan fingerprint density at radius 3 is 2.55 bits per heavy atom.